The van der Waals surface area contributed by atoms with E-state index in [-0.39, 0.29) is 12.6 Å². The van der Waals surface area contributed by atoms with Crippen LogP contribution < -0.4 is 5.73 Å². The van der Waals surface area contributed by atoms with E-state index in [1.54, 1.807) is 11.3 Å². The fraction of sp³-hybridized carbons (Fsp3) is 0.231. The van der Waals surface area contributed by atoms with E-state index in [9.17, 15) is 0 Å². The van der Waals surface area contributed by atoms with Gasteiger partial charge in [0.1, 0.15) is 0 Å². The van der Waals surface area contributed by atoms with E-state index in [0.717, 1.165) is 5.56 Å². The van der Waals surface area contributed by atoms with Crippen molar-refractivity contribution in [3.05, 3.63) is 47.3 Å². The summed E-state index contributed by atoms with van der Waals surface area (Å²) in [6, 6.07) is 12.3. The first-order valence-corrected chi connectivity index (χ1v) is 6.19. The molecule has 0 aliphatic rings. The lowest BCUT2D eigenvalue weighted by atomic mass is 10.0. The first kappa shape index (κ1) is 11.3. The first-order valence-electron chi connectivity index (χ1n) is 5.31. The van der Waals surface area contributed by atoms with Crippen molar-refractivity contribution in [1.82, 2.24) is 0 Å². The van der Waals surface area contributed by atoms with Crippen LogP contribution >= 0.6 is 11.3 Å². The molecule has 84 valence electrons. The van der Waals surface area contributed by atoms with E-state index < -0.39 is 0 Å². The summed E-state index contributed by atoms with van der Waals surface area (Å²) in [6.07, 6.45) is 0.609. The van der Waals surface area contributed by atoms with Crippen LogP contribution in [-0.4, -0.2) is 11.7 Å². The van der Waals surface area contributed by atoms with Crippen molar-refractivity contribution in [3.63, 3.8) is 0 Å². The molecule has 0 bridgehead atoms. The minimum Gasteiger partial charge on any atom is -0.396 e. The molecule has 0 spiro atoms. The number of aliphatic hydroxyl groups is 1. The number of nitrogens with two attached hydrogens (primary N) is 1. The molecule has 3 N–H and O–H groups in total. The quantitative estimate of drug-likeness (QED) is 0.853. The Bertz CT molecular complexity index is 422. The summed E-state index contributed by atoms with van der Waals surface area (Å²) in [5.74, 6) is 0. The normalized spacial score (nSPS) is 12.6. The van der Waals surface area contributed by atoms with Crippen molar-refractivity contribution in [2.75, 3.05) is 6.61 Å². The van der Waals surface area contributed by atoms with Crippen molar-refractivity contribution in [3.8, 4) is 10.4 Å². The SMILES string of the molecule is NC(CCO)c1ccc(-c2cccs2)cc1. The molecule has 0 fully saturated rings. The van der Waals surface area contributed by atoms with Gasteiger partial charge in [-0.25, -0.2) is 0 Å². The Morgan fingerprint density at radius 1 is 1.19 bits per heavy atom. The maximum Gasteiger partial charge on any atom is 0.0449 e. The summed E-state index contributed by atoms with van der Waals surface area (Å²) in [4.78, 5) is 1.27. The molecular formula is C13H15NOS. The predicted molar refractivity (Wildman–Crippen MR) is 68.4 cm³/mol. The fourth-order valence-corrected chi connectivity index (χ4v) is 2.38. The Balaban J connectivity index is 2.16. The van der Waals surface area contributed by atoms with Gasteiger partial charge in [0, 0.05) is 17.5 Å². The molecule has 2 rings (SSSR count). The molecule has 16 heavy (non-hydrogen) atoms. The number of hydrogen-bond acceptors (Lipinski definition) is 3. The third kappa shape index (κ3) is 2.50. The van der Waals surface area contributed by atoms with E-state index in [1.165, 1.54) is 10.4 Å². The molecule has 1 aromatic carbocycles. The minimum absolute atomic E-state index is 0.0672. The van der Waals surface area contributed by atoms with Crippen LogP contribution in [0.3, 0.4) is 0 Å². The molecule has 1 heterocycles. The largest absolute Gasteiger partial charge is 0.396 e. The summed E-state index contributed by atoms with van der Waals surface area (Å²) in [6.45, 7) is 0.133. The van der Waals surface area contributed by atoms with Gasteiger partial charge in [-0.05, 0) is 29.0 Å². The zero-order chi connectivity index (χ0) is 11.4. The van der Waals surface area contributed by atoms with E-state index in [4.69, 9.17) is 10.8 Å². The summed E-state index contributed by atoms with van der Waals surface area (Å²) < 4.78 is 0. The molecular weight excluding hydrogens is 218 g/mol. The van der Waals surface area contributed by atoms with E-state index in [0.29, 0.717) is 6.42 Å². The lowest BCUT2D eigenvalue weighted by molar-refractivity contribution is 0.276. The van der Waals surface area contributed by atoms with Gasteiger partial charge in [0.25, 0.3) is 0 Å². The highest BCUT2D eigenvalue weighted by Crippen LogP contribution is 2.26. The lowest BCUT2D eigenvalue weighted by Gasteiger charge is -2.10. The van der Waals surface area contributed by atoms with Gasteiger partial charge in [0.05, 0.1) is 0 Å². The van der Waals surface area contributed by atoms with Crippen LogP contribution in [0.25, 0.3) is 10.4 Å². The molecule has 0 aliphatic carbocycles. The fourth-order valence-electron chi connectivity index (χ4n) is 1.64. The monoisotopic (exact) mass is 233 g/mol. The maximum atomic E-state index is 8.82. The Hall–Kier alpha value is -1.16. The van der Waals surface area contributed by atoms with E-state index in [2.05, 4.69) is 23.6 Å². The maximum absolute atomic E-state index is 8.82. The van der Waals surface area contributed by atoms with Crippen LogP contribution in [0.5, 0.6) is 0 Å². The highest BCUT2D eigenvalue weighted by Gasteiger charge is 2.05. The second-order valence-electron chi connectivity index (χ2n) is 3.72. The van der Waals surface area contributed by atoms with Gasteiger partial charge < -0.3 is 10.8 Å². The Kier molecular flexibility index (Phi) is 3.72. The average molecular weight is 233 g/mol. The minimum atomic E-state index is -0.0672. The van der Waals surface area contributed by atoms with Crippen LogP contribution in [0.1, 0.15) is 18.0 Å². The molecule has 0 saturated heterocycles. The van der Waals surface area contributed by atoms with Crippen LogP contribution in [0.2, 0.25) is 0 Å². The zero-order valence-corrected chi connectivity index (χ0v) is 9.78. The molecule has 1 unspecified atom stereocenters. The molecule has 3 heteroatoms. The van der Waals surface area contributed by atoms with Gasteiger partial charge in [-0.15, -0.1) is 11.3 Å². The van der Waals surface area contributed by atoms with Crippen molar-refractivity contribution < 1.29 is 5.11 Å². The molecule has 1 aromatic heterocycles. The molecule has 1 atom stereocenters. The van der Waals surface area contributed by atoms with Crippen LogP contribution in [0.4, 0.5) is 0 Å². The van der Waals surface area contributed by atoms with E-state index >= 15 is 0 Å². The summed E-state index contributed by atoms with van der Waals surface area (Å²) in [5.41, 5.74) is 8.21. The molecule has 2 aromatic rings. The van der Waals surface area contributed by atoms with Crippen molar-refractivity contribution in [2.24, 2.45) is 5.73 Å². The second-order valence-corrected chi connectivity index (χ2v) is 4.67. The number of rotatable bonds is 4. The van der Waals surface area contributed by atoms with Gasteiger partial charge in [-0.1, -0.05) is 30.3 Å². The molecule has 0 radical (unpaired) electrons. The Labute approximate surface area is 99.4 Å². The molecule has 0 amide bonds. The number of thiophene rings is 1. The van der Waals surface area contributed by atoms with Crippen LogP contribution in [0, 0.1) is 0 Å². The molecule has 0 saturated carbocycles. The number of aliphatic hydroxyl groups excluding tert-OH is 1. The topological polar surface area (TPSA) is 46.2 Å². The smallest absolute Gasteiger partial charge is 0.0449 e. The first-order chi connectivity index (χ1) is 7.81. The third-order valence-electron chi connectivity index (χ3n) is 2.58. The molecule has 2 nitrogen and oxygen atoms in total. The van der Waals surface area contributed by atoms with Crippen molar-refractivity contribution in [2.45, 2.75) is 12.5 Å². The zero-order valence-electron chi connectivity index (χ0n) is 8.97. The third-order valence-corrected chi connectivity index (χ3v) is 3.50. The number of hydrogen-bond donors (Lipinski definition) is 2. The van der Waals surface area contributed by atoms with Gasteiger partial charge in [-0.3, -0.25) is 0 Å². The second kappa shape index (κ2) is 5.25. The summed E-state index contributed by atoms with van der Waals surface area (Å²) >= 11 is 1.73. The standard InChI is InChI=1S/C13H15NOS/c14-12(7-8-15)10-3-5-11(6-4-10)13-2-1-9-16-13/h1-6,9,12,15H,7-8,14H2. The van der Waals surface area contributed by atoms with Crippen molar-refractivity contribution in [1.29, 1.82) is 0 Å². The Morgan fingerprint density at radius 2 is 1.94 bits per heavy atom. The summed E-state index contributed by atoms with van der Waals surface area (Å²) in [7, 11) is 0. The lowest BCUT2D eigenvalue weighted by Crippen LogP contribution is -2.11. The van der Waals surface area contributed by atoms with Gasteiger partial charge in [0.2, 0.25) is 0 Å². The van der Waals surface area contributed by atoms with Crippen molar-refractivity contribution >= 4 is 11.3 Å². The van der Waals surface area contributed by atoms with Gasteiger partial charge in [-0.2, -0.15) is 0 Å². The highest BCUT2D eigenvalue weighted by atomic mass is 32.1. The summed E-state index contributed by atoms with van der Waals surface area (Å²) in [5, 5.41) is 10.9. The Morgan fingerprint density at radius 3 is 2.50 bits per heavy atom. The highest BCUT2D eigenvalue weighted by molar-refractivity contribution is 7.13. The average Bonchev–Trinajstić information content (AvgIpc) is 2.83. The van der Waals surface area contributed by atoms with Crippen LogP contribution in [0.15, 0.2) is 41.8 Å². The number of benzene rings is 1. The van der Waals surface area contributed by atoms with Gasteiger partial charge >= 0.3 is 0 Å². The molecule has 0 aliphatic heterocycles. The van der Waals surface area contributed by atoms with Crippen LogP contribution in [-0.2, 0) is 0 Å². The van der Waals surface area contributed by atoms with E-state index in [1.807, 2.05) is 18.2 Å². The predicted octanol–water partition coefficient (Wildman–Crippen LogP) is 2.80. The van der Waals surface area contributed by atoms with Gasteiger partial charge in [0.15, 0.2) is 0 Å².